The highest BCUT2D eigenvalue weighted by Gasteiger charge is 2.60. The van der Waals surface area contributed by atoms with Crippen molar-refractivity contribution in [1.82, 2.24) is 0 Å². The van der Waals surface area contributed by atoms with Crippen LogP contribution >= 0.6 is 0 Å². The lowest BCUT2D eigenvalue weighted by Crippen LogP contribution is -2.49. The van der Waals surface area contributed by atoms with E-state index in [2.05, 4.69) is 0 Å². The van der Waals surface area contributed by atoms with Gasteiger partial charge in [0.1, 0.15) is 12.7 Å². The summed E-state index contributed by atoms with van der Waals surface area (Å²) in [4.78, 5) is 36.0. The molecule has 0 spiro atoms. The van der Waals surface area contributed by atoms with Crippen LogP contribution in [0.15, 0.2) is 60.7 Å². The molecule has 0 aliphatic carbocycles. The van der Waals surface area contributed by atoms with E-state index >= 15 is 4.39 Å². The van der Waals surface area contributed by atoms with Gasteiger partial charge in [-0.2, -0.15) is 0 Å². The summed E-state index contributed by atoms with van der Waals surface area (Å²) in [5.74, 6) is -2.20. The summed E-state index contributed by atoms with van der Waals surface area (Å²) in [5, 5.41) is 0. The topological polar surface area (TPSA) is 88.1 Å². The molecule has 0 bridgehead atoms. The Morgan fingerprint density at radius 2 is 1.50 bits per heavy atom. The van der Waals surface area contributed by atoms with Crippen molar-refractivity contribution in [2.24, 2.45) is 0 Å². The Morgan fingerprint density at radius 1 is 0.967 bits per heavy atom. The number of hydrogen-bond donors (Lipinski definition) is 0. The standard InChI is InChI=1S/C22H21FO7/c1-14(24)28-21-22(2,30-20(26)16-11-7-4-8-12-16)18(23)17(29-21)13-27-19(25)15-9-5-3-6-10-15/h3-12,17-18,21H,13H2,1-2H3/t17-,18-,21-,22+/m1/s1. The molecule has 1 fully saturated rings. The average molecular weight is 416 g/mol. The van der Waals surface area contributed by atoms with Crippen molar-refractivity contribution in [1.29, 1.82) is 0 Å². The van der Waals surface area contributed by atoms with E-state index < -0.39 is 48.7 Å². The number of alkyl halides is 1. The van der Waals surface area contributed by atoms with Gasteiger partial charge in [0.25, 0.3) is 0 Å². The molecule has 1 heterocycles. The molecule has 7 nitrogen and oxygen atoms in total. The number of rotatable bonds is 6. The second kappa shape index (κ2) is 9.04. The number of esters is 3. The first-order chi connectivity index (χ1) is 14.3. The summed E-state index contributed by atoms with van der Waals surface area (Å²) in [6.45, 7) is 1.94. The summed E-state index contributed by atoms with van der Waals surface area (Å²) in [6, 6.07) is 16.2. The molecule has 0 radical (unpaired) electrons. The zero-order valence-electron chi connectivity index (χ0n) is 16.4. The van der Waals surface area contributed by atoms with Crippen LogP contribution in [0.1, 0.15) is 34.6 Å². The van der Waals surface area contributed by atoms with Crippen LogP contribution in [0.25, 0.3) is 0 Å². The van der Waals surface area contributed by atoms with Gasteiger partial charge < -0.3 is 18.9 Å². The van der Waals surface area contributed by atoms with Gasteiger partial charge in [-0.15, -0.1) is 0 Å². The number of carbonyl (C=O) groups excluding carboxylic acids is 3. The van der Waals surface area contributed by atoms with E-state index in [1.165, 1.54) is 19.1 Å². The number of carbonyl (C=O) groups is 3. The molecule has 0 unspecified atom stereocenters. The highest BCUT2D eigenvalue weighted by molar-refractivity contribution is 5.90. The first-order valence-electron chi connectivity index (χ1n) is 9.28. The van der Waals surface area contributed by atoms with Crippen molar-refractivity contribution < 1.29 is 37.7 Å². The first-order valence-corrected chi connectivity index (χ1v) is 9.28. The van der Waals surface area contributed by atoms with Crippen molar-refractivity contribution >= 4 is 17.9 Å². The van der Waals surface area contributed by atoms with Gasteiger partial charge in [-0.25, -0.2) is 14.0 Å². The van der Waals surface area contributed by atoms with E-state index in [1.807, 2.05) is 0 Å². The molecule has 1 saturated heterocycles. The lowest BCUT2D eigenvalue weighted by atomic mass is 9.98. The molecule has 0 amide bonds. The minimum absolute atomic E-state index is 0.200. The van der Waals surface area contributed by atoms with Crippen molar-refractivity contribution in [2.45, 2.75) is 38.0 Å². The maximum Gasteiger partial charge on any atom is 0.339 e. The molecule has 2 aromatic carbocycles. The third kappa shape index (κ3) is 4.65. The number of ether oxygens (including phenoxy) is 4. The SMILES string of the molecule is CC(=O)O[C@@H]1O[C@H](COC(=O)c2ccccc2)[C@@H](F)[C@]1(C)OC(=O)c1ccccc1. The molecule has 0 aromatic heterocycles. The molecule has 1 aliphatic heterocycles. The van der Waals surface area contributed by atoms with Crippen LogP contribution in [0.2, 0.25) is 0 Å². The molecule has 1 aliphatic rings. The van der Waals surface area contributed by atoms with Gasteiger partial charge in [0, 0.05) is 6.92 Å². The average Bonchev–Trinajstić information content (AvgIpc) is 2.97. The van der Waals surface area contributed by atoms with Crippen LogP contribution in [-0.4, -0.2) is 48.7 Å². The second-order valence-corrected chi connectivity index (χ2v) is 6.92. The number of benzene rings is 2. The van der Waals surface area contributed by atoms with E-state index in [4.69, 9.17) is 18.9 Å². The summed E-state index contributed by atoms with van der Waals surface area (Å²) in [7, 11) is 0. The Balaban J connectivity index is 1.73. The van der Waals surface area contributed by atoms with Crippen LogP contribution < -0.4 is 0 Å². The maximum absolute atomic E-state index is 15.3. The molecule has 0 saturated carbocycles. The normalized spacial score (nSPS) is 25.4. The molecule has 158 valence electrons. The van der Waals surface area contributed by atoms with Gasteiger partial charge in [0.15, 0.2) is 6.17 Å². The van der Waals surface area contributed by atoms with Crippen LogP contribution in [0, 0.1) is 0 Å². The Morgan fingerprint density at radius 3 is 2.03 bits per heavy atom. The van der Waals surface area contributed by atoms with Crippen molar-refractivity contribution in [2.75, 3.05) is 6.61 Å². The summed E-state index contributed by atoms with van der Waals surface area (Å²) < 4.78 is 36.3. The van der Waals surface area contributed by atoms with Gasteiger partial charge in [-0.05, 0) is 31.2 Å². The summed E-state index contributed by atoms with van der Waals surface area (Å²) in [6.07, 6.45) is -4.72. The molecule has 4 atom stereocenters. The number of halogens is 1. The second-order valence-electron chi connectivity index (χ2n) is 6.92. The fourth-order valence-electron chi connectivity index (χ4n) is 3.03. The van der Waals surface area contributed by atoms with E-state index in [-0.39, 0.29) is 5.56 Å². The lowest BCUT2D eigenvalue weighted by Gasteiger charge is -2.30. The first kappa shape index (κ1) is 21.4. The Kier molecular flexibility index (Phi) is 6.47. The van der Waals surface area contributed by atoms with E-state index in [9.17, 15) is 14.4 Å². The zero-order chi connectivity index (χ0) is 21.7. The predicted octanol–water partition coefficient (Wildman–Crippen LogP) is 3.09. The van der Waals surface area contributed by atoms with Gasteiger partial charge >= 0.3 is 17.9 Å². The quantitative estimate of drug-likeness (QED) is 0.528. The van der Waals surface area contributed by atoms with Gasteiger partial charge in [0.2, 0.25) is 11.9 Å². The predicted molar refractivity (Wildman–Crippen MR) is 102 cm³/mol. The van der Waals surface area contributed by atoms with E-state index in [0.717, 1.165) is 6.92 Å². The molecule has 8 heteroatoms. The molecule has 0 N–H and O–H groups in total. The largest absolute Gasteiger partial charge is 0.459 e. The minimum atomic E-state index is -1.93. The van der Waals surface area contributed by atoms with Crippen molar-refractivity contribution in [3.8, 4) is 0 Å². The summed E-state index contributed by atoms with van der Waals surface area (Å²) >= 11 is 0. The number of hydrogen-bond acceptors (Lipinski definition) is 7. The highest BCUT2D eigenvalue weighted by Crippen LogP contribution is 2.38. The zero-order valence-corrected chi connectivity index (χ0v) is 16.4. The smallest absolute Gasteiger partial charge is 0.339 e. The molecular formula is C22H21FO7. The minimum Gasteiger partial charge on any atom is -0.459 e. The third-order valence-electron chi connectivity index (χ3n) is 4.62. The van der Waals surface area contributed by atoms with Crippen LogP contribution in [-0.2, 0) is 23.7 Å². The molecule has 30 heavy (non-hydrogen) atoms. The van der Waals surface area contributed by atoms with Crippen LogP contribution in [0.3, 0.4) is 0 Å². The molecule has 2 aromatic rings. The monoisotopic (exact) mass is 416 g/mol. The van der Waals surface area contributed by atoms with Crippen LogP contribution in [0.4, 0.5) is 4.39 Å². The molecular weight excluding hydrogens is 395 g/mol. The molecule has 3 rings (SSSR count). The van der Waals surface area contributed by atoms with Crippen LogP contribution in [0.5, 0.6) is 0 Å². The fourth-order valence-corrected chi connectivity index (χ4v) is 3.03. The van der Waals surface area contributed by atoms with Gasteiger partial charge in [-0.3, -0.25) is 4.79 Å². The Bertz CT molecular complexity index is 902. The van der Waals surface area contributed by atoms with Gasteiger partial charge in [0.05, 0.1) is 11.1 Å². The van der Waals surface area contributed by atoms with E-state index in [1.54, 1.807) is 48.5 Å². The fraction of sp³-hybridized carbons (Fsp3) is 0.318. The van der Waals surface area contributed by atoms with Gasteiger partial charge in [-0.1, -0.05) is 36.4 Å². The Labute approximate surface area is 172 Å². The van der Waals surface area contributed by atoms with Crippen molar-refractivity contribution in [3.63, 3.8) is 0 Å². The lowest BCUT2D eigenvalue weighted by molar-refractivity contribution is -0.205. The maximum atomic E-state index is 15.3. The van der Waals surface area contributed by atoms with Crippen molar-refractivity contribution in [3.05, 3.63) is 71.8 Å². The Hall–Kier alpha value is -3.26. The van der Waals surface area contributed by atoms with E-state index in [0.29, 0.717) is 5.56 Å². The summed E-state index contributed by atoms with van der Waals surface area (Å²) in [5.41, 5.74) is -1.44. The highest BCUT2D eigenvalue weighted by atomic mass is 19.1. The third-order valence-corrected chi connectivity index (χ3v) is 4.62.